The van der Waals surface area contributed by atoms with Gasteiger partial charge in [-0.3, -0.25) is 4.79 Å². The second kappa shape index (κ2) is 8.29. The Bertz CT molecular complexity index is 676. The van der Waals surface area contributed by atoms with Gasteiger partial charge in [-0.15, -0.1) is 0 Å². The number of nitrogens with one attached hydrogen (secondary N) is 3. The SMILES string of the molecule is CNC(C)(C)C(=O)Nc1ccc(S(=O)(=O)NC2CCCCCC2)cc1. The number of likely N-dealkylation sites (N-methyl/N-ethyl adjacent to an activating group) is 1. The van der Waals surface area contributed by atoms with Crippen LogP contribution in [0.5, 0.6) is 0 Å². The monoisotopic (exact) mass is 367 g/mol. The largest absolute Gasteiger partial charge is 0.325 e. The Morgan fingerprint density at radius 3 is 2.12 bits per heavy atom. The summed E-state index contributed by atoms with van der Waals surface area (Å²) in [5.41, 5.74) is -0.132. The second-order valence-electron chi connectivity index (χ2n) is 7.16. The molecule has 140 valence electrons. The first kappa shape index (κ1) is 19.9. The lowest BCUT2D eigenvalue weighted by atomic mass is 10.1. The van der Waals surface area contributed by atoms with Crippen LogP contribution in [0.25, 0.3) is 0 Å². The normalized spacial score (nSPS) is 17.1. The van der Waals surface area contributed by atoms with Crippen LogP contribution in [-0.2, 0) is 14.8 Å². The minimum atomic E-state index is -3.53. The van der Waals surface area contributed by atoms with E-state index in [0.29, 0.717) is 5.69 Å². The van der Waals surface area contributed by atoms with Gasteiger partial charge in [0.25, 0.3) is 0 Å². The second-order valence-corrected chi connectivity index (χ2v) is 8.88. The Balaban J connectivity index is 2.04. The first-order valence-electron chi connectivity index (χ1n) is 8.87. The van der Waals surface area contributed by atoms with Crippen molar-refractivity contribution in [2.75, 3.05) is 12.4 Å². The summed E-state index contributed by atoms with van der Waals surface area (Å²) in [4.78, 5) is 12.4. The van der Waals surface area contributed by atoms with Crippen LogP contribution in [0, 0.1) is 0 Å². The van der Waals surface area contributed by atoms with Crippen molar-refractivity contribution in [1.29, 1.82) is 0 Å². The molecule has 1 fully saturated rings. The van der Waals surface area contributed by atoms with E-state index >= 15 is 0 Å². The van der Waals surface area contributed by atoms with Gasteiger partial charge in [0.1, 0.15) is 0 Å². The maximum atomic E-state index is 12.5. The number of amides is 1. The number of rotatable bonds is 6. The molecule has 0 unspecified atom stereocenters. The minimum absolute atomic E-state index is 0.0170. The van der Waals surface area contributed by atoms with Gasteiger partial charge < -0.3 is 10.6 Å². The van der Waals surface area contributed by atoms with Crippen LogP contribution in [0.2, 0.25) is 0 Å². The highest BCUT2D eigenvalue weighted by molar-refractivity contribution is 7.89. The van der Waals surface area contributed by atoms with E-state index in [4.69, 9.17) is 0 Å². The molecule has 1 aliphatic rings. The third kappa shape index (κ3) is 5.52. The van der Waals surface area contributed by atoms with Gasteiger partial charge in [0.2, 0.25) is 15.9 Å². The fourth-order valence-electron chi connectivity index (χ4n) is 2.80. The van der Waals surface area contributed by atoms with Crippen LogP contribution in [0.15, 0.2) is 29.2 Å². The highest BCUT2D eigenvalue weighted by atomic mass is 32.2. The molecule has 7 heteroatoms. The van der Waals surface area contributed by atoms with E-state index in [2.05, 4.69) is 15.4 Å². The molecule has 2 rings (SSSR count). The average molecular weight is 368 g/mol. The first-order valence-corrected chi connectivity index (χ1v) is 10.4. The van der Waals surface area contributed by atoms with Gasteiger partial charge in [-0.1, -0.05) is 25.7 Å². The molecule has 1 saturated carbocycles. The molecule has 0 aromatic heterocycles. The minimum Gasteiger partial charge on any atom is -0.325 e. The number of hydrogen-bond donors (Lipinski definition) is 3. The van der Waals surface area contributed by atoms with Crippen molar-refractivity contribution >= 4 is 21.6 Å². The molecule has 1 amide bonds. The molecule has 0 bridgehead atoms. The van der Waals surface area contributed by atoms with Gasteiger partial charge in [0, 0.05) is 11.7 Å². The molecule has 0 aliphatic heterocycles. The lowest BCUT2D eigenvalue weighted by molar-refractivity contribution is -0.121. The molecule has 3 N–H and O–H groups in total. The first-order chi connectivity index (χ1) is 11.7. The third-order valence-electron chi connectivity index (χ3n) is 4.79. The van der Waals surface area contributed by atoms with Gasteiger partial charge in [-0.2, -0.15) is 0 Å². The predicted octanol–water partition coefficient (Wildman–Crippen LogP) is 2.62. The van der Waals surface area contributed by atoms with Gasteiger partial charge in [-0.05, 0) is 58.0 Å². The zero-order valence-electron chi connectivity index (χ0n) is 15.3. The fraction of sp³-hybridized carbons (Fsp3) is 0.611. The lowest BCUT2D eigenvalue weighted by Gasteiger charge is -2.22. The number of carbonyl (C=O) groups is 1. The Morgan fingerprint density at radius 1 is 1.04 bits per heavy atom. The number of hydrogen-bond acceptors (Lipinski definition) is 4. The van der Waals surface area contributed by atoms with Crippen molar-refractivity contribution in [2.24, 2.45) is 0 Å². The van der Waals surface area contributed by atoms with Crippen molar-refractivity contribution in [2.45, 2.75) is 68.8 Å². The van der Waals surface area contributed by atoms with Crippen LogP contribution in [0.3, 0.4) is 0 Å². The standard InChI is InChI=1S/C18H29N3O3S/c1-18(2,19-3)17(22)20-14-10-12-16(13-11-14)25(23,24)21-15-8-6-4-5-7-9-15/h10-13,15,19,21H,4-9H2,1-3H3,(H,20,22). The summed E-state index contributed by atoms with van der Waals surface area (Å²) < 4.78 is 27.9. The number of sulfonamides is 1. The number of benzene rings is 1. The van der Waals surface area contributed by atoms with Crippen LogP contribution in [0.1, 0.15) is 52.4 Å². The van der Waals surface area contributed by atoms with Crippen LogP contribution in [0.4, 0.5) is 5.69 Å². The van der Waals surface area contributed by atoms with Crippen molar-refractivity contribution in [3.8, 4) is 0 Å². The third-order valence-corrected chi connectivity index (χ3v) is 6.33. The van der Waals surface area contributed by atoms with Crippen LogP contribution in [-0.4, -0.2) is 33.0 Å². The van der Waals surface area contributed by atoms with Gasteiger partial charge in [-0.25, -0.2) is 13.1 Å². The topological polar surface area (TPSA) is 87.3 Å². The Kier molecular flexibility index (Phi) is 6.59. The highest BCUT2D eigenvalue weighted by Crippen LogP contribution is 2.20. The molecule has 1 aromatic rings. The van der Waals surface area contributed by atoms with E-state index in [-0.39, 0.29) is 16.8 Å². The number of carbonyl (C=O) groups excluding carboxylic acids is 1. The molecule has 6 nitrogen and oxygen atoms in total. The van der Waals surface area contributed by atoms with E-state index in [0.717, 1.165) is 25.7 Å². The van der Waals surface area contributed by atoms with E-state index in [9.17, 15) is 13.2 Å². The van der Waals surface area contributed by atoms with Gasteiger partial charge in [0.05, 0.1) is 10.4 Å². The summed E-state index contributed by atoms with van der Waals surface area (Å²) in [5, 5.41) is 5.71. The molecular weight excluding hydrogens is 338 g/mol. The maximum absolute atomic E-state index is 12.5. The lowest BCUT2D eigenvalue weighted by Crippen LogP contribution is -2.47. The zero-order chi connectivity index (χ0) is 18.5. The summed E-state index contributed by atoms with van der Waals surface area (Å²) in [7, 11) is -1.81. The Hall–Kier alpha value is -1.44. The Morgan fingerprint density at radius 2 is 1.60 bits per heavy atom. The molecule has 1 aromatic carbocycles. The quantitative estimate of drug-likeness (QED) is 0.675. The van der Waals surface area contributed by atoms with Crippen molar-refractivity contribution in [3.05, 3.63) is 24.3 Å². The molecule has 1 aliphatic carbocycles. The molecule has 0 spiro atoms. The average Bonchev–Trinajstić information content (AvgIpc) is 2.83. The molecule has 0 saturated heterocycles. The summed E-state index contributed by atoms with van der Waals surface area (Å²) in [6, 6.07) is 6.31. The zero-order valence-corrected chi connectivity index (χ0v) is 16.1. The summed E-state index contributed by atoms with van der Waals surface area (Å²) in [5.74, 6) is -0.179. The smallest absolute Gasteiger partial charge is 0.244 e. The van der Waals surface area contributed by atoms with E-state index < -0.39 is 15.6 Å². The molecule has 25 heavy (non-hydrogen) atoms. The summed E-state index contributed by atoms with van der Waals surface area (Å²) >= 11 is 0. The van der Waals surface area contributed by atoms with Gasteiger partial charge >= 0.3 is 0 Å². The van der Waals surface area contributed by atoms with E-state index in [1.165, 1.54) is 25.0 Å². The summed E-state index contributed by atoms with van der Waals surface area (Å²) in [6.07, 6.45) is 6.28. The molecule has 0 radical (unpaired) electrons. The van der Waals surface area contributed by atoms with E-state index in [1.807, 2.05) is 0 Å². The van der Waals surface area contributed by atoms with Crippen molar-refractivity contribution < 1.29 is 13.2 Å². The highest BCUT2D eigenvalue weighted by Gasteiger charge is 2.25. The van der Waals surface area contributed by atoms with Crippen LogP contribution >= 0.6 is 0 Å². The predicted molar refractivity (Wildman–Crippen MR) is 100 cm³/mol. The molecule has 0 heterocycles. The maximum Gasteiger partial charge on any atom is 0.244 e. The summed E-state index contributed by atoms with van der Waals surface area (Å²) in [6.45, 7) is 3.55. The fourth-order valence-corrected chi connectivity index (χ4v) is 4.11. The Labute approximate surface area is 150 Å². The van der Waals surface area contributed by atoms with Crippen molar-refractivity contribution in [3.63, 3.8) is 0 Å². The van der Waals surface area contributed by atoms with E-state index in [1.54, 1.807) is 33.0 Å². The van der Waals surface area contributed by atoms with Crippen LogP contribution < -0.4 is 15.4 Å². The van der Waals surface area contributed by atoms with Crippen molar-refractivity contribution in [1.82, 2.24) is 10.0 Å². The molecular formula is C18H29N3O3S. The molecule has 0 atom stereocenters. The van der Waals surface area contributed by atoms with Gasteiger partial charge in [0.15, 0.2) is 0 Å². The number of anilines is 1.